The minimum absolute atomic E-state index is 0.0414. The molecule has 1 aliphatic rings. The van der Waals surface area contributed by atoms with Crippen molar-refractivity contribution in [2.75, 3.05) is 20.3 Å². The Balaban J connectivity index is 1.85. The number of aromatic nitrogens is 2. The Morgan fingerprint density at radius 3 is 3.10 bits per heavy atom. The molecule has 1 fully saturated rings. The van der Waals surface area contributed by atoms with Gasteiger partial charge in [-0.3, -0.25) is 14.1 Å². The Morgan fingerprint density at radius 1 is 1.60 bits per heavy atom. The van der Waals surface area contributed by atoms with Crippen LogP contribution in [0.4, 0.5) is 0 Å². The Labute approximate surface area is 120 Å². The number of likely N-dealkylation sites (N-methyl/N-ethyl adjacent to an activating group) is 1. The molecular formula is C13H17N3O3S. The summed E-state index contributed by atoms with van der Waals surface area (Å²) in [7, 11) is 1.91. The smallest absolute Gasteiger partial charge is 0.258 e. The van der Waals surface area contributed by atoms with E-state index >= 15 is 0 Å². The number of aryl methyl sites for hydroxylation is 1. The maximum Gasteiger partial charge on any atom is 0.258 e. The molecule has 0 bridgehead atoms. The topological polar surface area (TPSA) is 67.1 Å². The summed E-state index contributed by atoms with van der Waals surface area (Å²) in [6.07, 6.45) is 1.33. The molecule has 0 aromatic carbocycles. The Bertz CT molecular complexity index is 681. The Hall–Kier alpha value is -1.28. The number of nitrogens with zero attached hydrogens (tertiary/aromatic N) is 3. The summed E-state index contributed by atoms with van der Waals surface area (Å²) in [4.78, 5) is 20.3. The van der Waals surface area contributed by atoms with Gasteiger partial charge in [0.1, 0.15) is 0 Å². The molecule has 1 N–H and O–H groups in total. The van der Waals surface area contributed by atoms with Crippen molar-refractivity contribution < 1.29 is 9.84 Å². The first-order valence-electron chi connectivity index (χ1n) is 6.49. The van der Waals surface area contributed by atoms with Crippen molar-refractivity contribution in [3.8, 4) is 0 Å². The highest BCUT2D eigenvalue weighted by Crippen LogP contribution is 2.16. The van der Waals surface area contributed by atoms with Crippen molar-refractivity contribution in [3.63, 3.8) is 0 Å². The Kier molecular flexibility index (Phi) is 3.59. The fourth-order valence-corrected chi connectivity index (χ4v) is 3.31. The lowest BCUT2D eigenvalue weighted by molar-refractivity contribution is 0.0920. The summed E-state index contributed by atoms with van der Waals surface area (Å²) < 4.78 is 6.82. The molecule has 3 heterocycles. The third kappa shape index (κ3) is 2.49. The molecule has 2 atom stereocenters. The van der Waals surface area contributed by atoms with E-state index in [-0.39, 0.29) is 11.6 Å². The van der Waals surface area contributed by atoms with Crippen LogP contribution in [0.15, 0.2) is 17.1 Å². The zero-order valence-electron chi connectivity index (χ0n) is 11.4. The van der Waals surface area contributed by atoms with Gasteiger partial charge in [-0.2, -0.15) is 0 Å². The molecule has 2 aromatic rings. The van der Waals surface area contributed by atoms with Gasteiger partial charge in [0.05, 0.1) is 31.1 Å². The number of aliphatic hydroxyl groups is 1. The highest BCUT2D eigenvalue weighted by molar-refractivity contribution is 7.16. The van der Waals surface area contributed by atoms with E-state index in [9.17, 15) is 9.90 Å². The van der Waals surface area contributed by atoms with Crippen LogP contribution < -0.4 is 5.56 Å². The summed E-state index contributed by atoms with van der Waals surface area (Å²) >= 11 is 1.50. The van der Waals surface area contributed by atoms with E-state index in [1.807, 2.05) is 18.9 Å². The number of fused-ring (bicyclic) bond motifs is 1. The normalized spacial score (nSPS) is 23.0. The van der Waals surface area contributed by atoms with Crippen molar-refractivity contribution in [1.29, 1.82) is 0 Å². The maximum atomic E-state index is 12.0. The summed E-state index contributed by atoms with van der Waals surface area (Å²) in [5.41, 5.74) is 0.657. The van der Waals surface area contributed by atoms with Crippen LogP contribution in [-0.2, 0) is 11.3 Å². The summed E-state index contributed by atoms with van der Waals surface area (Å²) in [6.45, 7) is 3.36. The number of hydrogen-bond donors (Lipinski definition) is 1. The molecule has 0 amide bonds. The van der Waals surface area contributed by atoms with Crippen molar-refractivity contribution in [1.82, 2.24) is 14.3 Å². The predicted octanol–water partition coefficient (Wildman–Crippen LogP) is 0.256. The second kappa shape index (κ2) is 5.25. The monoisotopic (exact) mass is 295 g/mol. The molecule has 0 radical (unpaired) electrons. The van der Waals surface area contributed by atoms with Gasteiger partial charge in [0.15, 0.2) is 4.96 Å². The van der Waals surface area contributed by atoms with Crippen molar-refractivity contribution in [2.45, 2.75) is 25.6 Å². The average molecular weight is 295 g/mol. The van der Waals surface area contributed by atoms with E-state index in [1.54, 1.807) is 16.7 Å². The van der Waals surface area contributed by atoms with Crippen LogP contribution in [0.2, 0.25) is 0 Å². The quantitative estimate of drug-likeness (QED) is 0.879. The number of aliphatic hydroxyl groups excluding tert-OH is 1. The zero-order valence-corrected chi connectivity index (χ0v) is 12.3. The van der Waals surface area contributed by atoms with E-state index in [1.165, 1.54) is 11.3 Å². The highest BCUT2D eigenvalue weighted by Gasteiger charge is 2.29. The van der Waals surface area contributed by atoms with Crippen molar-refractivity contribution in [3.05, 3.63) is 33.2 Å². The van der Waals surface area contributed by atoms with Gasteiger partial charge >= 0.3 is 0 Å². The van der Waals surface area contributed by atoms with Crippen molar-refractivity contribution in [2.24, 2.45) is 0 Å². The number of ether oxygens (including phenoxy) is 1. The maximum absolute atomic E-state index is 12.0. The second-order valence-corrected chi connectivity index (χ2v) is 6.38. The lowest BCUT2D eigenvalue weighted by Crippen LogP contribution is -2.40. The van der Waals surface area contributed by atoms with Gasteiger partial charge in [-0.25, -0.2) is 4.98 Å². The molecule has 108 valence electrons. The average Bonchev–Trinajstić information content (AvgIpc) is 2.94. The minimum atomic E-state index is -0.478. The van der Waals surface area contributed by atoms with E-state index < -0.39 is 6.10 Å². The third-order valence-corrected chi connectivity index (χ3v) is 4.43. The molecule has 0 spiro atoms. The lowest BCUT2D eigenvalue weighted by Gasteiger charge is -2.24. The first-order chi connectivity index (χ1) is 9.54. The molecule has 2 aromatic heterocycles. The van der Waals surface area contributed by atoms with E-state index in [4.69, 9.17) is 4.74 Å². The fourth-order valence-electron chi connectivity index (χ4n) is 2.46. The predicted molar refractivity (Wildman–Crippen MR) is 76.2 cm³/mol. The van der Waals surface area contributed by atoms with Gasteiger partial charge < -0.3 is 9.84 Å². The van der Waals surface area contributed by atoms with Gasteiger partial charge in [-0.05, 0) is 14.0 Å². The van der Waals surface area contributed by atoms with Gasteiger partial charge in [0, 0.05) is 23.7 Å². The van der Waals surface area contributed by atoms with E-state index in [0.29, 0.717) is 24.7 Å². The molecule has 0 unspecified atom stereocenters. The Morgan fingerprint density at radius 2 is 2.40 bits per heavy atom. The van der Waals surface area contributed by atoms with Gasteiger partial charge in [-0.1, -0.05) is 0 Å². The number of hydrogen-bond acceptors (Lipinski definition) is 6. The van der Waals surface area contributed by atoms with Crippen molar-refractivity contribution >= 4 is 16.3 Å². The molecule has 0 aliphatic carbocycles. The summed E-state index contributed by atoms with van der Waals surface area (Å²) in [5.74, 6) is 0. The molecular weight excluding hydrogens is 278 g/mol. The molecule has 3 rings (SSSR count). The first-order valence-corrected chi connectivity index (χ1v) is 7.31. The van der Waals surface area contributed by atoms with Gasteiger partial charge in [0.25, 0.3) is 5.56 Å². The third-order valence-electron chi connectivity index (χ3n) is 3.53. The molecule has 6 nitrogen and oxygen atoms in total. The summed E-state index contributed by atoms with van der Waals surface area (Å²) in [6, 6.07) is 1.51. The molecule has 7 heteroatoms. The van der Waals surface area contributed by atoms with Gasteiger partial charge in [-0.15, -0.1) is 11.3 Å². The lowest BCUT2D eigenvalue weighted by atomic mass is 10.2. The number of rotatable bonds is 3. The van der Waals surface area contributed by atoms with Crippen LogP contribution >= 0.6 is 11.3 Å². The second-order valence-electron chi connectivity index (χ2n) is 5.17. The largest absolute Gasteiger partial charge is 0.389 e. The molecule has 20 heavy (non-hydrogen) atoms. The van der Waals surface area contributed by atoms with E-state index in [2.05, 4.69) is 4.98 Å². The first kappa shape index (κ1) is 13.7. The van der Waals surface area contributed by atoms with E-state index in [0.717, 1.165) is 10.6 Å². The molecule has 0 saturated carbocycles. The highest BCUT2D eigenvalue weighted by atomic mass is 32.1. The molecule has 1 saturated heterocycles. The minimum Gasteiger partial charge on any atom is -0.389 e. The van der Waals surface area contributed by atoms with Crippen LogP contribution in [0.1, 0.15) is 10.6 Å². The summed E-state index contributed by atoms with van der Waals surface area (Å²) in [5, 5.41) is 9.82. The van der Waals surface area contributed by atoms with Crippen LogP contribution in [0, 0.1) is 6.92 Å². The van der Waals surface area contributed by atoms with Crippen LogP contribution in [0.5, 0.6) is 0 Å². The number of thiazole rings is 1. The van der Waals surface area contributed by atoms with Crippen LogP contribution in [0.3, 0.4) is 0 Å². The standard InChI is InChI=1S/C13H17N3O3S/c1-8-4-16-12(18)3-9(14-13(16)20-8)5-15(2)10-6-19-7-11(10)17/h3-4,10-11,17H,5-7H2,1-2H3/t10-,11-/m1/s1. The fraction of sp³-hybridized carbons (Fsp3) is 0.538. The zero-order chi connectivity index (χ0) is 14.3. The van der Waals surface area contributed by atoms with Gasteiger partial charge in [0.2, 0.25) is 0 Å². The SMILES string of the molecule is Cc1cn2c(=O)cc(CN(C)[C@@H]3COC[C@H]3O)nc2s1. The van der Waals surface area contributed by atoms with Crippen LogP contribution in [0.25, 0.3) is 4.96 Å². The molecule has 1 aliphatic heterocycles. The van der Waals surface area contributed by atoms with Crippen LogP contribution in [-0.4, -0.2) is 51.8 Å².